The Morgan fingerprint density at radius 3 is 2.88 bits per heavy atom. The van der Waals surface area contributed by atoms with Crippen LogP contribution in [0.2, 0.25) is 0 Å². The summed E-state index contributed by atoms with van der Waals surface area (Å²) in [7, 11) is 2.09. The molecule has 0 aromatic heterocycles. The molecular weight excluding hydrogens is 166 g/mol. The Labute approximate surface area is 58.5 Å². The van der Waals surface area contributed by atoms with E-state index in [-0.39, 0.29) is 0 Å². The molecule has 0 amide bonds. The third-order valence-corrected chi connectivity index (χ3v) is 2.07. The molecule has 46 valence electrons. The molecule has 0 bridgehead atoms. The predicted octanol–water partition coefficient (Wildman–Crippen LogP) is 1.60. The molecule has 1 rings (SSSR count). The van der Waals surface area contributed by atoms with Gasteiger partial charge in [-0.1, -0.05) is 22.0 Å². The maximum Gasteiger partial charge on any atom is 0.0358 e. The summed E-state index contributed by atoms with van der Waals surface area (Å²) in [6, 6.07) is 0. The van der Waals surface area contributed by atoms with Crippen molar-refractivity contribution in [3.8, 4) is 0 Å². The van der Waals surface area contributed by atoms with Crippen LogP contribution in [0.1, 0.15) is 6.42 Å². The molecule has 1 aliphatic heterocycles. The van der Waals surface area contributed by atoms with Crippen LogP contribution >= 0.6 is 15.9 Å². The molecular formula is C6H10BrN. The van der Waals surface area contributed by atoms with Crippen LogP contribution in [0.25, 0.3) is 0 Å². The molecule has 0 aliphatic carbocycles. The van der Waals surface area contributed by atoms with Gasteiger partial charge in [0, 0.05) is 18.4 Å². The van der Waals surface area contributed by atoms with Gasteiger partial charge in [0.15, 0.2) is 0 Å². The molecule has 0 N–H and O–H groups in total. The molecule has 1 aliphatic rings. The van der Waals surface area contributed by atoms with E-state index in [1.54, 1.807) is 0 Å². The molecule has 1 atom stereocenters. The Balaban J connectivity index is 2.42. The fraction of sp³-hybridized carbons (Fsp3) is 0.667. The summed E-state index contributed by atoms with van der Waals surface area (Å²) in [5.74, 6) is 0. The smallest absolute Gasteiger partial charge is 0.0358 e. The van der Waals surface area contributed by atoms with Crippen LogP contribution in [0.4, 0.5) is 0 Å². The van der Waals surface area contributed by atoms with Gasteiger partial charge in [-0.3, -0.25) is 0 Å². The Morgan fingerprint density at radius 2 is 2.50 bits per heavy atom. The summed E-state index contributed by atoms with van der Waals surface area (Å²) in [4.78, 5) is 2.80. The minimum Gasteiger partial charge on any atom is -0.381 e. The Bertz CT molecular complexity index is 88.7. The van der Waals surface area contributed by atoms with Crippen LogP contribution in [0.15, 0.2) is 12.3 Å². The topological polar surface area (TPSA) is 3.24 Å². The van der Waals surface area contributed by atoms with Gasteiger partial charge >= 0.3 is 0 Å². The lowest BCUT2D eigenvalue weighted by Gasteiger charge is -2.20. The number of rotatable bonds is 0. The summed E-state index contributed by atoms with van der Waals surface area (Å²) in [6.45, 7) is 1.17. The van der Waals surface area contributed by atoms with E-state index >= 15 is 0 Å². The number of allylic oxidation sites excluding steroid dienone is 1. The number of nitrogens with zero attached hydrogens (tertiary/aromatic N) is 1. The molecule has 0 aromatic carbocycles. The second-order valence-corrected chi connectivity index (χ2v) is 3.30. The molecule has 0 aromatic rings. The van der Waals surface area contributed by atoms with Gasteiger partial charge in [-0.15, -0.1) is 0 Å². The van der Waals surface area contributed by atoms with Gasteiger partial charge in [0.2, 0.25) is 0 Å². The van der Waals surface area contributed by atoms with Gasteiger partial charge in [0.1, 0.15) is 0 Å². The highest BCUT2D eigenvalue weighted by Crippen LogP contribution is 2.11. The molecule has 0 saturated carbocycles. The molecule has 1 heterocycles. The summed E-state index contributed by atoms with van der Waals surface area (Å²) in [5, 5.41) is 0. The molecule has 1 nitrogen and oxygen atoms in total. The van der Waals surface area contributed by atoms with E-state index in [1.165, 1.54) is 13.0 Å². The van der Waals surface area contributed by atoms with Crippen molar-refractivity contribution in [3.05, 3.63) is 12.3 Å². The van der Waals surface area contributed by atoms with E-state index < -0.39 is 0 Å². The summed E-state index contributed by atoms with van der Waals surface area (Å²) in [6.07, 6.45) is 5.51. The lowest BCUT2D eigenvalue weighted by atomic mass is 10.2. The highest BCUT2D eigenvalue weighted by Gasteiger charge is 2.04. The average molecular weight is 176 g/mol. The highest BCUT2D eigenvalue weighted by atomic mass is 79.9. The van der Waals surface area contributed by atoms with Crippen molar-refractivity contribution in [3.63, 3.8) is 0 Å². The van der Waals surface area contributed by atoms with Crippen LogP contribution in [0.3, 0.4) is 0 Å². The van der Waals surface area contributed by atoms with Crippen LogP contribution in [0, 0.1) is 0 Å². The van der Waals surface area contributed by atoms with Crippen molar-refractivity contribution in [2.45, 2.75) is 11.2 Å². The van der Waals surface area contributed by atoms with Crippen LogP contribution in [-0.2, 0) is 0 Å². The van der Waals surface area contributed by atoms with Gasteiger partial charge in [0.05, 0.1) is 0 Å². The zero-order chi connectivity index (χ0) is 5.98. The Kier molecular flexibility index (Phi) is 1.95. The largest absolute Gasteiger partial charge is 0.381 e. The predicted molar refractivity (Wildman–Crippen MR) is 39.1 cm³/mol. The first kappa shape index (κ1) is 6.14. The Hall–Kier alpha value is 0.0200. The van der Waals surface area contributed by atoms with E-state index in [9.17, 15) is 0 Å². The lowest BCUT2D eigenvalue weighted by Crippen LogP contribution is -2.19. The first-order valence-corrected chi connectivity index (χ1v) is 3.73. The monoisotopic (exact) mass is 175 g/mol. The minimum absolute atomic E-state index is 0.610. The third kappa shape index (κ3) is 1.51. The average Bonchev–Trinajstić information content (AvgIpc) is 1.77. The van der Waals surface area contributed by atoms with Gasteiger partial charge in [0.25, 0.3) is 0 Å². The standard InChI is InChI=1S/C6H10BrN/c1-8-4-2-6(7)3-5-8/h2,4,6H,3,5H2,1H3. The van der Waals surface area contributed by atoms with Crippen molar-refractivity contribution in [2.24, 2.45) is 0 Å². The van der Waals surface area contributed by atoms with Crippen LogP contribution in [-0.4, -0.2) is 23.3 Å². The Morgan fingerprint density at radius 1 is 1.75 bits per heavy atom. The number of hydrogen-bond donors (Lipinski definition) is 0. The van der Waals surface area contributed by atoms with Crippen LogP contribution < -0.4 is 0 Å². The van der Waals surface area contributed by atoms with Crippen molar-refractivity contribution in [1.29, 1.82) is 0 Å². The molecule has 0 radical (unpaired) electrons. The normalized spacial score (nSPS) is 28.8. The fourth-order valence-electron chi connectivity index (χ4n) is 0.738. The van der Waals surface area contributed by atoms with Gasteiger partial charge in [-0.05, 0) is 12.6 Å². The maximum atomic E-state index is 3.50. The van der Waals surface area contributed by atoms with E-state index in [0.29, 0.717) is 4.83 Å². The van der Waals surface area contributed by atoms with E-state index in [1.807, 2.05) is 0 Å². The van der Waals surface area contributed by atoms with Gasteiger partial charge < -0.3 is 4.90 Å². The summed E-state index contributed by atoms with van der Waals surface area (Å²) < 4.78 is 0. The van der Waals surface area contributed by atoms with Crippen molar-refractivity contribution < 1.29 is 0 Å². The first-order valence-electron chi connectivity index (χ1n) is 2.81. The first-order chi connectivity index (χ1) is 3.79. The van der Waals surface area contributed by atoms with Crippen molar-refractivity contribution in [1.82, 2.24) is 4.90 Å². The molecule has 8 heavy (non-hydrogen) atoms. The minimum atomic E-state index is 0.610. The SMILES string of the molecule is CN1C=CC(Br)CC1. The summed E-state index contributed by atoms with van der Waals surface area (Å²) >= 11 is 3.50. The summed E-state index contributed by atoms with van der Waals surface area (Å²) in [5.41, 5.74) is 0. The zero-order valence-electron chi connectivity index (χ0n) is 4.97. The quantitative estimate of drug-likeness (QED) is 0.506. The van der Waals surface area contributed by atoms with Gasteiger partial charge in [-0.25, -0.2) is 0 Å². The fourth-order valence-corrected chi connectivity index (χ4v) is 1.08. The molecule has 0 fully saturated rings. The lowest BCUT2D eigenvalue weighted by molar-refractivity contribution is 0.430. The number of hydrogen-bond acceptors (Lipinski definition) is 1. The van der Waals surface area contributed by atoms with Crippen molar-refractivity contribution >= 4 is 15.9 Å². The van der Waals surface area contributed by atoms with Crippen molar-refractivity contribution in [2.75, 3.05) is 13.6 Å². The van der Waals surface area contributed by atoms with E-state index in [4.69, 9.17) is 0 Å². The van der Waals surface area contributed by atoms with Gasteiger partial charge in [-0.2, -0.15) is 0 Å². The third-order valence-electron chi connectivity index (χ3n) is 1.31. The maximum absolute atomic E-state index is 3.50. The molecule has 0 saturated heterocycles. The number of alkyl halides is 1. The molecule has 1 unspecified atom stereocenters. The van der Waals surface area contributed by atoms with E-state index in [0.717, 1.165) is 0 Å². The molecule has 2 heteroatoms. The number of halogens is 1. The second kappa shape index (κ2) is 2.53. The van der Waals surface area contributed by atoms with Crippen LogP contribution in [0.5, 0.6) is 0 Å². The highest BCUT2D eigenvalue weighted by molar-refractivity contribution is 9.09. The zero-order valence-corrected chi connectivity index (χ0v) is 6.56. The van der Waals surface area contributed by atoms with E-state index in [2.05, 4.69) is 40.2 Å². The molecule has 0 spiro atoms. The second-order valence-electron chi connectivity index (χ2n) is 2.13.